The third-order valence-corrected chi connectivity index (χ3v) is 12.6. The summed E-state index contributed by atoms with van der Waals surface area (Å²) in [7, 11) is -7.96. The van der Waals surface area contributed by atoms with E-state index >= 15 is 0 Å². The third-order valence-electron chi connectivity index (χ3n) is 6.43. The Bertz CT molecular complexity index is 2060. The predicted octanol–water partition coefficient (Wildman–Crippen LogP) is 15.7. The van der Waals surface area contributed by atoms with Crippen molar-refractivity contribution in [1.82, 2.24) is 0 Å². The molecule has 0 aliphatic rings. The van der Waals surface area contributed by atoms with Gasteiger partial charge >= 0.3 is 15.2 Å². The molecule has 0 heterocycles. The van der Waals surface area contributed by atoms with Crippen LogP contribution in [0.4, 0.5) is 34.1 Å². The number of rotatable bonds is 12. The summed E-state index contributed by atoms with van der Waals surface area (Å²) in [6.45, 7) is 0. The van der Waals surface area contributed by atoms with Crippen molar-refractivity contribution >= 4 is 165 Å². The van der Waals surface area contributed by atoms with Crippen LogP contribution < -0.4 is 30.5 Å². The molecule has 5 rings (SSSR count). The molecule has 0 fully saturated rings. The van der Waals surface area contributed by atoms with Gasteiger partial charge in [-0.05, 0) is 84.9 Å². The van der Waals surface area contributed by atoms with E-state index in [1.807, 2.05) is 0 Å². The lowest BCUT2D eigenvalue weighted by atomic mass is 10.3. The summed E-state index contributed by atoms with van der Waals surface area (Å²) in [5, 5.41) is 19.5. The molecular weight excluding hydrogens is 893 g/mol. The van der Waals surface area contributed by atoms with Crippen molar-refractivity contribution in [1.29, 1.82) is 0 Å². The van der Waals surface area contributed by atoms with Crippen molar-refractivity contribution in [3.63, 3.8) is 0 Å². The molecule has 0 unspecified atom stereocenters. The number of anilines is 6. The molecule has 6 N–H and O–H groups in total. The van der Waals surface area contributed by atoms with Gasteiger partial charge in [0.05, 0.1) is 58.6 Å². The molecule has 0 saturated carbocycles. The minimum absolute atomic E-state index is 0.0196. The van der Waals surface area contributed by atoms with Crippen LogP contribution in [-0.4, -0.2) is 0 Å². The van der Waals surface area contributed by atoms with E-state index in [1.54, 1.807) is 36.4 Å². The molecule has 0 aliphatic carbocycles. The molecule has 0 spiro atoms. The van der Waals surface area contributed by atoms with Gasteiger partial charge in [-0.15, -0.1) is 0 Å². The highest BCUT2D eigenvalue weighted by atomic mass is 35.5. The first-order chi connectivity index (χ1) is 23.5. The van der Waals surface area contributed by atoms with Crippen molar-refractivity contribution in [3.8, 4) is 0 Å². The summed E-state index contributed by atoms with van der Waals surface area (Å²) in [5.74, 6) is 0. The predicted molar refractivity (Wildman–Crippen MR) is 219 cm³/mol. The molecule has 5 aromatic carbocycles. The average molecular weight is 913 g/mol. The molecule has 20 heteroatoms. The molecule has 0 bridgehead atoms. The van der Waals surface area contributed by atoms with Crippen LogP contribution in [0.3, 0.4) is 0 Å². The average Bonchev–Trinajstić information content (AvgIpc) is 3.01. The summed E-state index contributed by atoms with van der Waals surface area (Å²) in [6.07, 6.45) is 0. The second-order valence-electron chi connectivity index (χ2n) is 10.2. The van der Waals surface area contributed by atoms with Crippen molar-refractivity contribution < 1.29 is 9.13 Å². The third kappa shape index (κ3) is 10.2. The Morgan fingerprint density at radius 1 is 0.340 bits per heavy atom. The van der Waals surface area contributed by atoms with Gasteiger partial charge in [0.25, 0.3) is 0 Å². The van der Waals surface area contributed by atoms with Gasteiger partial charge in [0.2, 0.25) is 0 Å². The zero-order chi connectivity index (χ0) is 36.4. The van der Waals surface area contributed by atoms with Crippen molar-refractivity contribution in [2.24, 2.45) is 0 Å². The van der Waals surface area contributed by atoms with Crippen LogP contribution in [0, 0.1) is 0 Å². The largest absolute Gasteiger partial charge is 0.353 e. The topological polar surface area (TPSA) is 106 Å². The molecule has 8 nitrogen and oxygen atoms in total. The van der Waals surface area contributed by atoms with Crippen LogP contribution in [0.5, 0.6) is 0 Å². The second-order valence-corrected chi connectivity index (χ2v) is 18.2. The maximum Gasteiger partial charge on any atom is 0.353 e. The number of hydrogen-bond donors (Lipinski definition) is 6. The molecule has 5 aromatic rings. The van der Waals surface area contributed by atoms with E-state index in [-0.39, 0.29) is 64.3 Å². The Labute approximate surface area is 337 Å². The SMILES string of the molecule is O=P(Nc1cc(Cl)c(NP(=O)(Nc2ccc(Cl)cc2Cl)Nc2ccc(Cl)cc2Cl)c(Cl)c1)(Nc1ccc(Cl)cc1Cl)Nc1ccc(Cl)cc1Cl. The van der Waals surface area contributed by atoms with Gasteiger partial charge in [-0.2, -0.15) is 0 Å². The van der Waals surface area contributed by atoms with Crippen LogP contribution >= 0.6 is 131 Å². The molecule has 0 aliphatic heterocycles. The zero-order valence-electron chi connectivity index (χ0n) is 24.6. The van der Waals surface area contributed by atoms with E-state index < -0.39 is 15.2 Å². The summed E-state index contributed by atoms with van der Waals surface area (Å²) in [6, 6.07) is 21.2. The van der Waals surface area contributed by atoms with Gasteiger partial charge < -0.3 is 30.5 Å². The number of benzene rings is 5. The number of nitrogens with one attached hydrogen (secondary N) is 6. The molecule has 262 valence electrons. The van der Waals surface area contributed by atoms with Gasteiger partial charge in [-0.3, -0.25) is 9.13 Å². The summed E-state index contributed by atoms with van der Waals surface area (Å²) in [4.78, 5) is 0. The molecule has 0 atom stereocenters. The first-order valence-electron chi connectivity index (χ1n) is 13.7. The van der Waals surface area contributed by atoms with E-state index in [0.717, 1.165) is 0 Å². The monoisotopic (exact) mass is 908 g/mol. The minimum Gasteiger partial charge on any atom is -0.304 e. The van der Waals surface area contributed by atoms with E-state index in [0.29, 0.717) is 20.1 Å². The van der Waals surface area contributed by atoms with Gasteiger partial charge in [0, 0.05) is 25.8 Å². The molecule has 0 saturated heterocycles. The zero-order valence-corrected chi connectivity index (χ0v) is 33.9. The molecule has 0 amide bonds. The second kappa shape index (κ2) is 16.5. The maximum absolute atomic E-state index is 14.6. The van der Waals surface area contributed by atoms with Crippen LogP contribution in [0.15, 0.2) is 84.9 Å². The van der Waals surface area contributed by atoms with Crippen LogP contribution in [0.1, 0.15) is 0 Å². The normalized spacial score (nSPS) is 11.6. The Hall–Kier alpha value is -1.74. The lowest BCUT2D eigenvalue weighted by Crippen LogP contribution is -2.16. The standard InChI is InChI=1S/C30H20Cl10N6O2P2/c31-15-1-5-26(20(35)9-15)42-49(47,43-27-6-2-16(32)10-21(27)36)41-19-13-24(39)30(25(40)14-19)46-50(48,44-28-7-3-17(33)11-22(28)37)45-29-8-4-18(34)12-23(29)38/h1-14H,(H3,41,42,43,47)(H3,44,45,46,48). The smallest absolute Gasteiger partial charge is 0.304 e. The van der Waals surface area contributed by atoms with E-state index in [2.05, 4.69) is 30.5 Å². The first-order valence-corrected chi connectivity index (χ1v) is 20.9. The van der Waals surface area contributed by atoms with Gasteiger partial charge in [-0.1, -0.05) is 116 Å². The van der Waals surface area contributed by atoms with Gasteiger partial charge in [-0.25, -0.2) is 0 Å². The van der Waals surface area contributed by atoms with Gasteiger partial charge in [0.15, 0.2) is 0 Å². The molecule has 0 aromatic heterocycles. The van der Waals surface area contributed by atoms with Crippen molar-refractivity contribution in [3.05, 3.63) is 135 Å². The lowest BCUT2D eigenvalue weighted by molar-refractivity contribution is 0.584. The Balaban J connectivity index is 1.50. The molecular formula is C30H20Cl10N6O2P2. The highest BCUT2D eigenvalue weighted by molar-refractivity contribution is 7.68. The van der Waals surface area contributed by atoms with Crippen LogP contribution in [-0.2, 0) is 9.13 Å². The molecule has 0 radical (unpaired) electrons. The Morgan fingerprint density at radius 3 is 0.900 bits per heavy atom. The van der Waals surface area contributed by atoms with Crippen LogP contribution in [0.2, 0.25) is 50.2 Å². The Kier molecular flexibility index (Phi) is 13.0. The van der Waals surface area contributed by atoms with Crippen molar-refractivity contribution in [2.75, 3.05) is 30.5 Å². The highest BCUT2D eigenvalue weighted by Crippen LogP contribution is 2.53. The summed E-state index contributed by atoms with van der Waals surface area (Å²) in [5.41, 5.74) is 1.29. The molecule has 50 heavy (non-hydrogen) atoms. The van der Waals surface area contributed by atoms with E-state index in [9.17, 15) is 9.13 Å². The fraction of sp³-hybridized carbons (Fsp3) is 0. The van der Waals surface area contributed by atoms with Gasteiger partial charge in [0.1, 0.15) is 0 Å². The highest BCUT2D eigenvalue weighted by Gasteiger charge is 2.29. The maximum atomic E-state index is 14.6. The Morgan fingerprint density at radius 2 is 0.620 bits per heavy atom. The summed E-state index contributed by atoms with van der Waals surface area (Å²) >= 11 is 63.3. The number of hydrogen-bond acceptors (Lipinski definition) is 2. The summed E-state index contributed by atoms with van der Waals surface area (Å²) < 4.78 is 29.1. The van der Waals surface area contributed by atoms with Crippen molar-refractivity contribution in [2.45, 2.75) is 0 Å². The van der Waals surface area contributed by atoms with E-state index in [4.69, 9.17) is 116 Å². The number of halogens is 10. The quantitative estimate of drug-likeness (QED) is 0.0688. The van der Waals surface area contributed by atoms with Crippen LogP contribution in [0.25, 0.3) is 0 Å². The fourth-order valence-corrected chi connectivity index (χ4v) is 10.6. The lowest BCUT2D eigenvalue weighted by Gasteiger charge is -2.27. The first kappa shape index (κ1) is 39.5. The fourth-order valence-electron chi connectivity index (χ4n) is 4.25. The minimum atomic E-state index is -4.01. The van der Waals surface area contributed by atoms with E-state index in [1.165, 1.54) is 48.5 Å².